The van der Waals surface area contributed by atoms with Crippen LogP contribution in [0.1, 0.15) is 32.6 Å². The van der Waals surface area contributed by atoms with Crippen molar-refractivity contribution in [1.29, 1.82) is 0 Å². The first-order valence-corrected chi connectivity index (χ1v) is 7.65. The minimum Gasteiger partial charge on any atom is -0.298 e. The van der Waals surface area contributed by atoms with Crippen molar-refractivity contribution < 1.29 is 4.79 Å². The molecule has 2 aliphatic rings. The normalized spacial score (nSPS) is 37.2. The van der Waals surface area contributed by atoms with E-state index in [1.807, 2.05) is 11.8 Å². The number of hydrogen-bond acceptors (Lipinski definition) is 3. The Kier molecular flexibility index (Phi) is 4.31. The lowest BCUT2D eigenvalue weighted by molar-refractivity contribution is -0.128. The lowest BCUT2D eigenvalue weighted by Gasteiger charge is -2.35. The standard InChI is InChI=1S/C13H23NOS/c1-10-3-5-11(6-4-10)13(15)12-9-16-8-7-14(12)2/h10-12H,3-9H2,1-2H3. The molecule has 0 N–H and O–H groups in total. The molecule has 0 amide bonds. The Hall–Kier alpha value is -0.0200. The average molecular weight is 241 g/mol. The molecule has 1 aliphatic carbocycles. The maximum absolute atomic E-state index is 12.4. The highest BCUT2D eigenvalue weighted by Gasteiger charge is 2.33. The van der Waals surface area contributed by atoms with Crippen molar-refractivity contribution in [3.8, 4) is 0 Å². The number of ketones is 1. The van der Waals surface area contributed by atoms with Gasteiger partial charge in [-0.15, -0.1) is 0 Å². The SMILES string of the molecule is CC1CCC(C(=O)C2CSCCN2C)CC1. The van der Waals surface area contributed by atoms with Gasteiger partial charge in [-0.05, 0) is 25.8 Å². The predicted molar refractivity (Wildman–Crippen MR) is 69.9 cm³/mol. The van der Waals surface area contributed by atoms with Gasteiger partial charge in [-0.2, -0.15) is 11.8 Å². The highest BCUT2D eigenvalue weighted by atomic mass is 32.2. The van der Waals surface area contributed by atoms with Gasteiger partial charge in [-0.3, -0.25) is 9.69 Å². The summed E-state index contributed by atoms with van der Waals surface area (Å²) >= 11 is 1.94. The third kappa shape index (κ3) is 2.80. The zero-order chi connectivity index (χ0) is 11.5. The summed E-state index contributed by atoms with van der Waals surface area (Å²) in [6, 6.07) is 0.206. The van der Waals surface area contributed by atoms with Gasteiger partial charge in [-0.1, -0.05) is 19.8 Å². The summed E-state index contributed by atoms with van der Waals surface area (Å²) in [5.74, 6) is 3.93. The Labute approximate surface area is 103 Å². The molecule has 2 rings (SSSR count). The van der Waals surface area contributed by atoms with Gasteiger partial charge in [0.1, 0.15) is 0 Å². The number of likely N-dealkylation sites (N-methyl/N-ethyl adjacent to an activating group) is 1. The second-order valence-corrected chi connectivity index (χ2v) is 6.58. The molecule has 3 heteroatoms. The van der Waals surface area contributed by atoms with Crippen LogP contribution < -0.4 is 0 Å². The fourth-order valence-electron chi connectivity index (χ4n) is 2.80. The molecule has 1 atom stereocenters. The summed E-state index contributed by atoms with van der Waals surface area (Å²) in [7, 11) is 2.10. The monoisotopic (exact) mass is 241 g/mol. The molecule has 2 fully saturated rings. The van der Waals surface area contributed by atoms with Gasteiger partial charge in [0, 0.05) is 24.0 Å². The molecule has 2 nitrogen and oxygen atoms in total. The Balaban J connectivity index is 1.90. The second kappa shape index (κ2) is 5.54. The number of carbonyl (C=O) groups is 1. The fourth-order valence-corrected chi connectivity index (χ4v) is 4.03. The van der Waals surface area contributed by atoms with E-state index in [2.05, 4.69) is 18.9 Å². The zero-order valence-electron chi connectivity index (χ0n) is 10.4. The Morgan fingerprint density at radius 2 is 1.94 bits per heavy atom. The minimum absolute atomic E-state index is 0.206. The van der Waals surface area contributed by atoms with E-state index < -0.39 is 0 Å². The number of hydrogen-bond donors (Lipinski definition) is 0. The summed E-state index contributed by atoms with van der Waals surface area (Å²) in [5, 5.41) is 0. The van der Waals surface area contributed by atoms with E-state index in [9.17, 15) is 4.79 Å². The van der Waals surface area contributed by atoms with Gasteiger partial charge in [0.2, 0.25) is 0 Å². The summed E-state index contributed by atoms with van der Waals surface area (Å²) in [4.78, 5) is 14.7. The molecule has 1 unspecified atom stereocenters. The molecule has 0 aromatic heterocycles. The molecular weight excluding hydrogens is 218 g/mol. The molecule has 0 aromatic rings. The van der Waals surface area contributed by atoms with Gasteiger partial charge in [0.25, 0.3) is 0 Å². The first kappa shape index (κ1) is 12.4. The van der Waals surface area contributed by atoms with Crippen molar-refractivity contribution in [1.82, 2.24) is 4.90 Å². The van der Waals surface area contributed by atoms with Gasteiger partial charge in [0.15, 0.2) is 5.78 Å². The molecular formula is C13H23NOS. The Morgan fingerprint density at radius 1 is 1.25 bits per heavy atom. The molecule has 0 aromatic carbocycles. The smallest absolute Gasteiger partial charge is 0.153 e. The molecule has 1 aliphatic heterocycles. The minimum atomic E-state index is 0.206. The summed E-state index contributed by atoms with van der Waals surface area (Å²) in [5.41, 5.74) is 0. The van der Waals surface area contributed by atoms with Crippen LogP contribution in [0.3, 0.4) is 0 Å². The van der Waals surface area contributed by atoms with E-state index in [1.165, 1.54) is 18.6 Å². The van der Waals surface area contributed by atoms with Crippen LogP contribution in [0.15, 0.2) is 0 Å². The second-order valence-electron chi connectivity index (χ2n) is 5.43. The lowest BCUT2D eigenvalue weighted by atomic mass is 9.79. The molecule has 16 heavy (non-hydrogen) atoms. The van der Waals surface area contributed by atoms with Crippen LogP contribution in [0.2, 0.25) is 0 Å². The van der Waals surface area contributed by atoms with Gasteiger partial charge >= 0.3 is 0 Å². The summed E-state index contributed by atoms with van der Waals surface area (Å²) in [6.07, 6.45) is 4.77. The average Bonchev–Trinajstić information content (AvgIpc) is 2.30. The highest BCUT2D eigenvalue weighted by molar-refractivity contribution is 7.99. The van der Waals surface area contributed by atoms with Gasteiger partial charge < -0.3 is 0 Å². The van der Waals surface area contributed by atoms with E-state index in [0.717, 1.165) is 31.1 Å². The number of carbonyl (C=O) groups excluding carboxylic acids is 1. The van der Waals surface area contributed by atoms with Crippen LogP contribution >= 0.6 is 11.8 Å². The van der Waals surface area contributed by atoms with Gasteiger partial charge in [0.05, 0.1) is 6.04 Å². The van der Waals surface area contributed by atoms with Crippen molar-refractivity contribution in [2.75, 3.05) is 25.1 Å². The largest absolute Gasteiger partial charge is 0.298 e. The zero-order valence-corrected chi connectivity index (χ0v) is 11.3. The van der Waals surface area contributed by atoms with Crippen LogP contribution in [0, 0.1) is 11.8 Å². The first-order valence-electron chi connectivity index (χ1n) is 6.50. The topological polar surface area (TPSA) is 20.3 Å². The van der Waals surface area contributed by atoms with Crippen LogP contribution in [0.5, 0.6) is 0 Å². The Morgan fingerprint density at radius 3 is 2.56 bits per heavy atom. The Bertz CT molecular complexity index is 248. The van der Waals surface area contributed by atoms with E-state index in [4.69, 9.17) is 0 Å². The van der Waals surface area contributed by atoms with Crippen molar-refractivity contribution in [3.05, 3.63) is 0 Å². The molecule has 1 saturated carbocycles. The van der Waals surface area contributed by atoms with Crippen LogP contribution in [0.25, 0.3) is 0 Å². The van der Waals surface area contributed by atoms with E-state index >= 15 is 0 Å². The van der Waals surface area contributed by atoms with Crippen LogP contribution in [-0.2, 0) is 4.79 Å². The van der Waals surface area contributed by atoms with Crippen molar-refractivity contribution in [3.63, 3.8) is 0 Å². The quantitative estimate of drug-likeness (QED) is 0.740. The van der Waals surface area contributed by atoms with E-state index in [0.29, 0.717) is 11.7 Å². The lowest BCUT2D eigenvalue weighted by Crippen LogP contribution is -2.47. The van der Waals surface area contributed by atoms with E-state index in [-0.39, 0.29) is 6.04 Å². The van der Waals surface area contributed by atoms with Crippen LogP contribution in [-0.4, -0.2) is 41.8 Å². The maximum Gasteiger partial charge on any atom is 0.153 e. The third-order valence-corrected chi connectivity index (χ3v) is 5.17. The first-order chi connectivity index (χ1) is 7.68. The van der Waals surface area contributed by atoms with Crippen molar-refractivity contribution in [2.45, 2.75) is 38.6 Å². The number of rotatable bonds is 2. The fraction of sp³-hybridized carbons (Fsp3) is 0.923. The maximum atomic E-state index is 12.4. The molecule has 0 bridgehead atoms. The highest BCUT2D eigenvalue weighted by Crippen LogP contribution is 2.31. The molecule has 92 valence electrons. The number of nitrogens with zero attached hydrogens (tertiary/aromatic N) is 1. The van der Waals surface area contributed by atoms with Crippen LogP contribution in [0.4, 0.5) is 0 Å². The molecule has 1 heterocycles. The predicted octanol–water partition coefficient (Wildman–Crippen LogP) is 2.43. The molecule has 0 spiro atoms. The van der Waals surface area contributed by atoms with Crippen molar-refractivity contribution in [2.24, 2.45) is 11.8 Å². The van der Waals surface area contributed by atoms with Crippen molar-refractivity contribution >= 4 is 17.5 Å². The third-order valence-electron chi connectivity index (χ3n) is 4.14. The van der Waals surface area contributed by atoms with Gasteiger partial charge in [-0.25, -0.2) is 0 Å². The number of thioether (sulfide) groups is 1. The number of Topliss-reactive ketones (excluding diaryl/α,β-unsaturated/α-hetero) is 1. The molecule has 1 saturated heterocycles. The summed E-state index contributed by atoms with van der Waals surface area (Å²) in [6.45, 7) is 3.38. The molecule has 0 radical (unpaired) electrons. The van der Waals surface area contributed by atoms with E-state index in [1.54, 1.807) is 0 Å². The summed E-state index contributed by atoms with van der Waals surface area (Å²) < 4.78 is 0.